The maximum absolute atomic E-state index is 11.6. The molecule has 5 heteroatoms. The molecule has 0 saturated carbocycles. The third kappa shape index (κ3) is 1.63. The van der Waals surface area contributed by atoms with E-state index in [0.29, 0.717) is 0 Å². The average Bonchev–Trinajstić information content (AvgIpc) is 2.97. The predicted molar refractivity (Wildman–Crippen MR) is 77.5 cm³/mol. The van der Waals surface area contributed by atoms with Gasteiger partial charge in [0.05, 0.1) is 5.54 Å². The average molecular weight is 270 g/mol. The number of nitrogens with one attached hydrogen (secondary N) is 2. The smallest absolute Gasteiger partial charge is 0.317 e. The fourth-order valence-electron chi connectivity index (χ4n) is 3.37. The third-order valence-corrected chi connectivity index (χ3v) is 4.64. The molecule has 2 aromatic rings. The summed E-state index contributed by atoms with van der Waals surface area (Å²) < 4.78 is 0. The highest BCUT2D eigenvalue weighted by Gasteiger charge is 2.51. The molecule has 0 radical (unpaired) electrons. The Bertz CT molecular complexity index is 671. The van der Waals surface area contributed by atoms with Crippen LogP contribution in [0, 0.1) is 0 Å². The molecular formula is C15H18N4O. The molecule has 20 heavy (non-hydrogen) atoms. The minimum atomic E-state index is 0.0231. The number of fused-ring (bicyclic) bond motifs is 1. The zero-order valence-electron chi connectivity index (χ0n) is 11.5. The topological polar surface area (TPSA) is 51.4 Å². The van der Waals surface area contributed by atoms with Crippen LogP contribution in [-0.2, 0) is 6.54 Å². The van der Waals surface area contributed by atoms with Crippen molar-refractivity contribution < 1.29 is 4.79 Å². The van der Waals surface area contributed by atoms with E-state index in [-0.39, 0.29) is 11.6 Å². The van der Waals surface area contributed by atoms with Crippen molar-refractivity contribution in [1.82, 2.24) is 20.1 Å². The molecule has 2 fully saturated rings. The highest BCUT2D eigenvalue weighted by Crippen LogP contribution is 2.31. The largest absolute Gasteiger partial charge is 0.361 e. The number of aromatic amines is 1. The molecule has 4 rings (SSSR count). The first-order valence-electron chi connectivity index (χ1n) is 6.96. The Kier molecular flexibility index (Phi) is 2.35. The van der Waals surface area contributed by atoms with E-state index in [0.717, 1.165) is 26.2 Å². The number of hydrogen-bond donors (Lipinski definition) is 2. The molecule has 2 aliphatic rings. The van der Waals surface area contributed by atoms with Crippen LogP contribution in [0.15, 0.2) is 30.5 Å². The molecule has 2 aliphatic heterocycles. The van der Waals surface area contributed by atoms with Crippen LogP contribution in [0.4, 0.5) is 4.79 Å². The SMILES string of the molecule is CN1C(=O)NCC12CN(Cc1ccc3[nH]ccc3c1)C2. The quantitative estimate of drug-likeness (QED) is 0.866. The van der Waals surface area contributed by atoms with E-state index >= 15 is 0 Å². The second-order valence-electron chi connectivity index (χ2n) is 5.99. The van der Waals surface area contributed by atoms with E-state index < -0.39 is 0 Å². The number of likely N-dealkylation sites (tertiary alicyclic amines) is 1. The molecular weight excluding hydrogens is 252 g/mol. The third-order valence-electron chi connectivity index (χ3n) is 4.64. The summed E-state index contributed by atoms with van der Waals surface area (Å²) in [6.07, 6.45) is 1.97. The van der Waals surface area contributed by atoms with Crippen LogP contribution >= 0.6 is 0 Å². The maximum Gasteiger partial charge on any atom is 0.317 e. The van der Waals surface area contributed by atoms with Gasteiger partial charge in [0, 0.05) is 44.9 Å². The van der Waals surface area contributed by atoms with Crippen LogP contribution in [-0.4, -0.2) is 53.0 Å². The van der Waals surface area contributed by atoms with Crippen LogP contribution in [0.3, 0.4) is 0 Å². The molecule has 1 aromatic heterocycles. The van der Waals surface area contributed by atoms with Gasteiger partial charge in [0.25, 0.3) is 0 Å². The van der Waals surface area contributed by atoms with Crippen molar-refractivity contribution in [3.05, 3.63) is 36.0 Å². The van der Waals surface area contributed by atoms with Gasteiger partial charge in [-0.2, -0.15) is 0 Å². The van der Waals surface area contributed by atoms with Gasteiger partial charge in [-0.1, -0.05) is 6.07 Å². The van der Waals surface area contributed by atoms with Crippen LogP contribution < -0.4 is 5.32 Å². The Morgan fingerprint density at radius 1 is 1.30 bits per heavy atom. The van der Waals surface area contributed by atoms with Gasteiger partial charge in [0.1, 0.15) is 0 Å². The summed E-state index contributed by atoms with van der Waals surface area (Å²) in [6, 6.07) is 8.69. The minimum absolute atomic E-state index is 0.0231. The first kappa shape index (κ1) is 11.8. The van der Waals surface area contributed by atoms with E-state index in [1.54, 1.807) is 0 Å². The van der Waals surface area contributed by atoms with Crippen LogP contribution in [0.2, 0.25) is 0 Å². The van der Waals surface area contributed by atoms with Gasteiger partial charge in [-0.15, -0.1) is 0 Å². The van der Waals surface area contributed by atoms with E-state index in [1.807, 2.05) is 18.1 Å². The van der Waals surface area contributed by atoms with Gasteiger partial charge >= 0.3 is 6.03 Å². The molecule has 1 aromatic carbocycles. The zero-order valence-corrected chi connectivity index (χ0v) is 11.5. The van der Waals surface area contributed by atoms with Gasteiger partial charge in [-0.25, -0.2) is 4.79 Å². The summed E-state index contributed by atoms with van der Waals surface area (Å²) >= 11 is 0. The summed E-state index contributed by atoms with van der Waals surface area (Å²) in [5.74, 6) is 0. The Labute approximate surface area is 117 Å². The number of amides is 2. The van der Waals surface area contributed by atoms with E-state index in [9.17, 15) is 4.79 Å². The summed E-state index contributed by atoms with van der Waals surface area (Å²) in [7, 11) is 1.89. The molecule has 1 spiro atoms. The Morgan fingerprint density at radius 3 is 2.90 bits per heavy atom. The second kappa shape index (κ2) is 3.99. The summed E-state index contributed by atoms with van der Waals surface area (Å²) in [6.45, 7) is 3.63. The van der Waals surface area contributed by atoms with Gasteiger partial charge in [-0.3, -0.25) is 4.90 Å². The molecule has 0 unspecified atom stereocenters. The van der Waals surface area contributed by atoms with Crippen LogP contribution in [0.5, 0.6) is 0 Å². The molecule has 0 bridgehead atoms. The molecule has 104 valence electrons. The van der Waals surface area contributed by atoms with Crippen molar-refractivity contribution in [3.8, 4) is 0 Å². The van der Waals surface area contributed by atoms with Crippen LogP contribution in [0.1, 0.15) is 5.56 Å². The molecule has 2 saturated heterocycles. The molecule has 3 heterocycles. The predicted octanol–water partition coefficient (Wildman–Crippen LogP) is 1.38. The lowest BCUT2D eigenvalue weighted by Gasteiger charge is -2.50. The number of likely N-dealkylation sites (N-methyl/N-ethyl adjacent to an activating group) is 1. The van der Waals surface area contributed by atoms with E-state index in [2.05, 4.69) is 39.5 Å². The van der Waals surface area contributed by atoms with Crippen molar-refractivity contribution in [2.45, 2.75) is 12.1 Å². The number of carbonyl (C=O) groups is 1. The highest BCUT2D eigenvalue weighted by atomic mass is 16.2. The van der Waals surface area contributed by atoms with Gasteiger partial charge < -0.3 is 15.2 Å². The Balaban J connectivity index is 1.45. The lowest BCUT2D eigenvalue weighted by molar-refractivity contribution is -0.00103. The highest BCUT2D eigenvalue weighted by molar-refractivity contribution is 5.80. The van der Waals surface area contributed by atoms with Crippen molar-refractivity contribution in [2.75, 3.05) is 26.7 Å². The first-order valence-corrected chi connectivity index (χ1v) is 6.96. The standard InChI is InChI=1S/C15H18N4O/c1-18-14(20)17-8-15(18)9-19(10-15)7-11-2-3-13-12(6-11)4-5-16-13/h2-6,16H,7-10H2,1H3,(H,17,20). The monoisotopic (exact) mass is 270 g/mol. The van der Waals surface area contributed by atoms with Crippen molar-refractivity contribution in [1.29, 1.82) is 0 Å². The number of hydrogen-bond acceptors (Lipinski definition) is 2. The lowest BCUT2D eigenvalue weighted by Crippen LogP contribution is -2.68. The number of nitrogens with zero attached hydrogens (tertiary/aromatic N) is 2. The number of benzene rings is 1. The summed E-state index contributed by atoms with van der Waals surface area (Å²) in [4.78, 5) is 19.0. The molecule has 5 nitrogen and oxygen atoms in total. The normalized spacial score (nSPS) is 21.4. The maximum atomic E-state index is 11.6. The zero-order chi connectivity index (χ0) is 13.7. The fourth-order valence-corrected chi connectivity index (χ4v) is 3.37. The van der Waals surface area contributed by atoms with E-state index in [1.165, 1.54) is 16.5 Å². The van der Waals surface area contributed by atoms with E-state index in [4.69, 9.17) is 0 Å². The minimum Gasteiger partial charge on any atom is -0.361 e. The summed E-state index contributed by atoms with van der Waals surface area (Å²) in [5, 5.41) is 4.18. The molecule has 0 aliphatic carbocycles. The van der Waals surface area contributed by atoms with Gasteiger partial charge in [-0.05, 0) is 29.1 Å². The number of H-pyrrole nitrogens is 1. The van der Waals surface area contributed by atoms with Crippen molar-refractivity contribution in [3.63, 3.8) is 0 Å². The fraction of sp³-hybridized carbons (Fsp3) is 0.400. The van der Waals surface area contributed by atoms with Crippen molar-refractivity contribution in [2.24, 2.45) is 0 Å². The molecule has 2 amide bonds. The van der Waals surface area contributed by atoms with Crippen molar-refractivity contribution >= 4 is 16.9 Å². The molecule has 2 N–H and O–H groups in total. The summed E-state index contributed by atoms with van der Waals surface area (Å²) in [5.41, 5.74) is 2.53. The number of urea groups is 1. The van der Waals surface area contributed by atoms with Crippen LogP contribution in [0.25, 0.3) is 10.9 Å². The van der Waals surface area contributed by atoms with Gasteiger partial charge in [0.2, 0.25) is 0 Å². The number of aromatic nitrogens is 1. The second-order valence-corrected chi connectivity index (χ2v) is 5.99. The van der Waals surface area contributed by atoms with Gasteiger partial charge in [0.15, 0.2) is 0 Å². The number of rotatable bonds is 2. The first-order chi connectivity index (χ1) is 9.66. The Morgan fingerprint density at radius 2 is 2.15 bits per heavy atom. The molecule has 0 atom stereocenters. The lowest BCUT2D eigenvalue weighted by atomic mass is 9.89. The number of carbonyl (C=O) groups excluding carboxylic acids is 1. The Hall–Kier alpha value is -2.01.